The van der Waals surface area contributed by atoms with Crippen LogP contribution in [0.1, 0.15) is 33.6 Å². The van der Waals surface area contributed by atoms with Gasteiger partial charge in [0.15, 0.2) is 5.78 Å². The number of halogens is 1. The number of carbonyl (C=O) groups is 3. The maximum absolute atomic E-state index is 13.7. The van der Waals surface area contributed by atoms with E-state index in [9.17, 15) is 18.8 Å². The first-order valence-corrected chi connectivity index (χ1v) is 10.7. The van der Waals surface area contributed by atoms with Crippen LogP contribution in [0.15, 0.2) is 54.6 Å². The van der Waals surface area contributed by atoms with Crippen LogP contribution < -0.4 is 5.32 Å². The molecule has 0 aromatic heterocycles. The quantitative estimate of drug-likeness (QED) is 0.707. The number of ketones is 1. The molecule has 0 bridgehead atoms. The molecule has 7 heteroatoms. The fraction of sp³-hybridized carbons (Fsp3) is 0.318. The van der Waals surface area contributed by atoms with Crippen molar-refractivity contribution in [1.82, 2.24) is 10.2 Å². The smallest absolute Gasteiger partial charge is 0.254 e. The van der Waals surface area contributed by atoms with E-state index in [2.05, 4.69) is 5.32 Å². The Labute approximate surface area is 173 Å². The van der Waals surface area contributed by atoms with E-state index < -0.39 is 11.7 Å². The molecule has 0 spiro atoms. The molecule has 1 aliphatic rings. The van der Waals surface area contributed by atoms with Crippen LogP contribution in [0.5, 0.6) is 0 Å². The molecule has 2 aromatic carbocycles. The van der Waals surface area contributed by atoms with Crippen molar-refractivity contribution in [2.75, 3.05) is 24.6 Å². The van der Waals surface area contributed by atoms with E-state index in [-0.39, 0.29) is 34.8 Å². The van der Waals surface area contributed by atoms with Gasteiger partial charge in [0.25, 0.3) is 5.91 Å². The molecule has 0 unspecified atom stereocenters. The van der Waals surface area contributed by atoms with Gasteiger partial charge >= 0.3 is 0 Å². The number of likely N-dealkylation sites (tertiary alicyclic amines) is 1. The maximum Gasteiger partial charge on any atom is 0.254 e. The summed E-state index contributed by atoms with van der Waals surface area (Å²) in [6.07, 6.45) is 1.25. The highest BCUT2D eigenvalue weighted by atomic mass is 32.2. The molecule has 2 amide bonds. The lowest BCUT2D eigenvalue weighted by Crippen LogP contribution is -2.47. The summed E-state index contributed by atoms with van der Waals surface area (Å²) < 4.78 is 13.7. The van der Waals surface area contributed by atoms with Gasteiger partial charge in [0, 0.05) is 24.7 Å². The van der Waals surface area contributed by atoms with Gasteiger partial charge < -0.3 is 10.2 Å². The summed E-state index contributed by atoms with van der Waals surface area (Å²) in [6.45, 7) is 1.07. The van der Waals surface area contributed by atoms with Crippen LogP contribution in [0.25, 0.3) is 0 Å². The molecule has 3 rings (SSSR count). The standard InChI is InChI=1S/C22H23FN2O3S/c23-19-9-5-4-8-18(19)22(28)24-17-10-12-25(13-11-17)21(27)15-29-14-20(26)16-6-2-1-3-7-16/h1-9,17H,10-15H2,(H,24,28). The highest BCUT2D eigenvalue weighted by Crippen LogP contribution is 2.15. The third kappa shape index (κ3) is 5.90. The van der Waals surface area contributed by atoms with Crippen LogP contribution in [0, 0.1) is 5.82 Å². The number of amides is 2. The Hall–Kier alpha value is -2.67. The van der Waals surface area contributed by atoms with E-state index in [0.29, 0.717) is 31.5 Å². The molecule has 0 radical (unpaired) electrons. The van der Waals surface area contributed by atoms with Crippen LogP contribution in [-0.4, -0.2) is 53.1 Å². The van der Waals surface area contributed by atoms with Gasteiger partial charge in [0.2, 0.25) is 5.91 Å². The molecule has 0 aliphatic carbocycles. The van der Waals surface area contributed by atoms with Gasteiger partial charge in [0.1, 0.15) is 5.82 Å². The van der Waals surface area contributed by atoms with E-state index in [1.54, 1.807) is 29.2 Å². The number of thioether (sulfide) groups is 1. The third-order valence-corrected chi connectivity index (χ3v) is 5.77. The Morgan fingerprint density at radius 3 is 2.31 bits per heavy atom. The third-order valence-electron chi connectivity index (χ3n) is 4.86. The predicted molar refractivity (Wildman–Crippen MR) is 112 cm³/mol. The molecule has 2 aromatic rings. The fourth-order valence-corrected chi connectivity index (χ4v) is 4.02. The number of hydrogen-bond acceptors (Lipinski definition) is 4. The van der Waals surface area contributed by atoms with Crippen LogP contribution in [0.2, 0.25) is 0 Å². The van der Waals surface area contributed by atoms with Crippen molar-refractivity contribution >= 4 is 29.4 Å². The molecule has 0 atom stereocenters. The van der Waals surface area contributed by atoms with Crippen molar-refractivity contribution in [2.45, 2.75) is 18.9 Å². The van der Waals surface area contributed by atoms with Crippen molar-refractivity contribution in [3.05, 3.63) is 71.5 Å². The minimum Gasteiger partial charge on any atom is -0.349 e. The van der Waals surface area contributed by atoms with Gasteiger partial charge in [-0.1, -0.05) is 42.5 Å². The van der Waals surface area contributed by atoms with Crippen LogP contribution in [0.4, 0.5) is 4.39 Å². The number of benzene rings is 2. The molecule has 29 heavy (non-hydrogen) atoms. The number of nitrogens with zero attached hydrogens (tertiary/aromatic N) is 1. The van der Waals surface area contributed by atoms with E-state index in [1.807, 2.05) is 18.2 Å². The summed E-state index contributed by atoms with van der Waals surface area (Å²) in [6, 6.07) is 14.8. The molecule has 1 saturated heterocycles. The molecular formula is C22H23FN2O3S. The maximum atomic E-state index is 13.7. The Balaban J connectivity index is 1.39. The first-order chi connectivity index (χ1) is 14.0. The van der Waals surface area contributed by atoms with Gasteiger partial charge in [-0.2, -0.15) is 0 Å². The molecule has 1 fully saturated rings. The largest absolute Gasteiger partial charge is 0.349 e. The predicted octanol–water partition coefficient (Wildman–Crippen LogP) is 3.16. The lowest BCUT2D eigenvalue weighted by molar-refractivity contribution is -0.129. The summed E-state index contributed by atoms with van der Waals surface area (Å²) in [5.41, 5.74) is 0.685. The zero-order chi connectivity index (χ0) is 20.6. The number of rotatable bonds is 7. The summed E-state index contributed by atoms with van der Waals surface area (Å²) in [4.78, 5) is 38.4. The van der Waals surface area contributed by atoms with Gasteiger partial charge in [0.05, 0.1) is 17.1 Å². The van der Waals surface area contributed by atoms with Crippen molar-refractivity contribution in [2.24, 2.45) is 0 Å². The zero-order valence-electron chi connectivity index (χ0n) is 16.0. The van der Waals surface area contributed by atoms with Crippen LogP contribution in [0.3, 0.4) is 0 Å². The number of carbonyl (C=O) groups excluding carboxylic acids is 3. The molecule has 1 heterocycles. The summed E-state index contributed by atoms with van der Waals surface area (Å²) in [5.74, 6) is -0.439. The van der Waals surface area contributed by atoms with E-state index in [1.165, 1.54) is 23.9 Å². The topological polar surface area (TPSA) is 66.5 Å². The monoisotopic (exact) mass is 414 g/mol. The average Bonchev–Trinajstić information content (AvgIpc) is 2.75. The average molecular weight is 415 g/mol. The SMILES string of the molecule is O=C(CSCC(=O)N1CCC(NC(=O)c2ccccc2F)CC1)c1ccccc1. The molecule has 5 nitrogen and oxygen atoms in total. The van der Waals surface area contributed by atoms with Gasteiger partial charge in [-0.3, -0.25) is 14.4 Å². The van der Waals surface area contributed by atoms with Gasteiger partial charge in [-0.05, 0) is 25.0 Å². The number of piperidine rings is 1. The Bertz CT molecular complexity index is 867. The Morgan fingerprint density at radius 2 is 1.62 bits per heavy atom. The number of hydrogen-bond donors (Lipinski definition) is 1. The molecule has 1 aliphatic heterocycles. The van der Waals surface area contributed by atoms with Crippen molar-refractivity contribution in [3.63, 3.8) is 0 Å². The van der Waals surface area contributed by atoms with Crippen molar-refractivity contribution < 1.29 is 18.8 Å². The number of nitrogens with one attached hydrogen (secondary N) is 1. The van der Waals surface area contributed by atoms with E-state index in [0.717, 1.165) is 0 Å². The van der Waals surface area contributed by atoms with E-state index >= 15 is 0 Å². The minimum absolute atomic E-state index is 0.00487. The lowest BCUT2D eigenvalue weighted by Gasteiger charge is -2.32. The fourth-order valence-electron chi connectivity index (χ4n) is 3.21. The zero-order valence-corrected chi connectivity index (χ0v) is 16.8. The molecular weight excluding hydrogens is 391 g/mol. The molecule has 152 valence electrons. The summed E-state index contributed by atoms with van der Waals surface area (Å²) in [7, 11) is 0. The second-order valence-corrected chi connectivity index (χ2v) is 7.88. The summed E-state index contributed by atoms with van der Waals surface area (Å²) >= 11 is 1.32. The van der Waals surface area contributed by atoms with Gasteiger partial charge in [-0.25, -0.2) is 4.39 Å². The first kappa shape index (κ1) is 21.0. The van der Waals surface area contributed by atoms with Crippen molar-refractivity contribution in [3.8, 4) is 0 Å². The van der Waals surface area contributed by atoms with Crippen LogP contribution in [-0.2, 0) is 4.79 Å². The van der Waals surface area contributed by atoms with Gasteiger partial charge in [-0.15, -0.1) is 11.8 Å². The molecule has 1 N–H and O–H groups in total. The summed E-state index contributed by atoms with van der Waals surface area (Å²) in [5, 5.41) is 2.84. The first-order valence-electron chi connectivity index (χ1n) is 9.54. The highest BCUT2D eigenvalue weighted by molar-refractivity contribution is 8.00. The normalized spacial score (nSPS) is 14.4. The van der Waals surface area contributed by atoms with Crippen LogP contribution >= 0.6 is 11.8 Å². The van der Waals surface area contributed by atoms with Crippen molar-refractivity contribution in [1.29, 1.82) is 0 Å². The van der Waals surface area contributed by atoms with E-state index in [4.69, 9.17) is 0 Å². The Kier molecular flexibility index (Phi) is 7.41. The minimum atomic E-state index is -0.542. The molecule has 0 saturated carbocycles. The Morgan fingerprint density at radius 1 is 0.966 bits per heavy atom. The number of Topliss-reactive ketones (excluding diaryl/α,β-unsaturated/α-hetero) is 1. The second kappa shape index (κ2) is 10.2. The highest BCUT2D eigenvalue weighted by Gasteiger charge is 2.24. The second-order valence-electron chi connectivity index (χ2n) is 6.89. The lowest BCUT2D eigenvalue weighted by atomic mass is 10.0.